The highest BCUT2D eigenvalue weighted by Gasteiger charge is 2.07. The molecule has 0 spiro atoms. The van der Waals surface area contributed by atoms with Crippen molar-refractivity contribution < 1.29 is 9.90 Å². The standard InChI is InChI=1S/C10H12BrNO2/c1-7-2-3-8(10(14)5-11)4-9(7)12-6-13/h2-4,6,10,14H,5H2,1H3,(H,12,13). The topological polar surface area (TPSA) is 49.3 Å². The maximum Gasteiger partial charge on any atom is 0.211 e. The normalized spacial score (nSPS) is 12.2. The van der Waals surface area contributed by atoms with Gasteiger partial charge in [0.2, 0.25) is 6.41 Å². The first-order valence-corrected chi connectivity index (χ1v) is 5.36. The van der Waals surface area contributed by atoms with Gasteiger partial charge in [0.25, 0.3) is 0 Å². The molecule has 0 aromatic heterocycles. The van der Waals surface area contributed by atoms with Crippen molar-refractivity contribution in [1.29, 1.82) is 0 Å². The first-order valence-electron chi connectivity index (χ1n) is 4.23. The van der Waals surface area contributed by atoms with Crippen LogP contribution < -0.4 is 5.32 Å². The van der Waals surface area contributed by atoms with Crippen LogP contribution in [0.15, 0.2) is 18.2 Å². The van der Waals surface area contributed by atoms with Crippen LogP contribution in [-0.2, 0) is 4.79 Å². The van der Waals surface area contributed by atoms with Gasteiger partial charge in [-0.2, -0.15) is 0 Å². The van der Waals surface area contributed by atoms with E-state index in [0.29, 0.717) is 11.7 Å². The molecule has 0 saturated heterocycles. The van der Waals surface area contributed by atoms with E-state index >= 15 is 0 Å². The molecule has 3 nitrogen and oxygen atoms in total. The summed E-state index contributed by atoms with van der Waals surface area (Å²) >= 11 is 3.19. The summed E-state index contributed by atoms with van der Waals surface area (Å²) in [6.07, 6.45) is 0.0925. The predicted molar refractivity (Wildman–Crippen MR) is 59.6 cm³/mol. The lowest BCUT2D eigenvalue weighted by atomic mass is 10.1. The van der Waals surface area contributed by atoms with Crippen molar-refractivity contribution in [2.45, 2.75) is 13.0 Å². The predicted octanol–water partition coefficient (Wildman–Crippen LogP) is 1.99. The third kappa shape index (κ3) is 2.56. The Bertz CT molecular complexity index is 328. The lowest BCUT2D eigenvalue weighted by Gasteiger charge is -2.10. The molecule has 0 aliphatic heterocycles. The molecule has 0 heterocycles. The van der Waals surface area contributed by atoms with Crippen molar-refractivity contribution in [2.24, 2.45) is 0 Å². The van der Waals surface area contributed by atoms with Gasteiger partial charge >= 0.3 is 0 Å². The van der Waals surface area contributed by atoms with Crippen LogP contribution in [0.5, 0.6) is 0 Å². The largest absolute Gasteiger partial charge is 0.388 e. The number of aliphatic hydroxyl groups excluding tert-OH is 1. The second-order valence-electron chi connectivity index (χ2n) is 3.01. The lowest BCUT2D eigenvalue weighted by Crippen LogP contribution is -2.02. The number of anilines is 1. The van der Waals surface area contributed by atoms with Gasteiger partial charge in [-0.25, -0.2) is 0 Å². The van der Waals surface area contributed by atoms with Crippen LogP contribution in [0.1, 0.15) is 17.2 Å². The second-order valence-corrected chi connectivity index (χ2v) is 3.65. The van der Waals surface area contributed by atoms with E-state index in [1.807, 2.05) is 19.1 Å². The van der Waals surface area contributed by atoms with Crippen LogP contribution >= 0.6 is 15.9 Å². The molecule has 1 aromatic rings. The van der Waals surface area contributed by atoms with Crippen LogP contribution in [0, 0.1) is 6.92 Å². The van der Waals surface area contributed by atoms with Gasteiger partial charge in [-0.1, -0.05) is 28.1 Å². The SMILES string of the molecule is Cc1ccc(C(O)CBr)cc1NC=O. The number of hydrogen-bond acceptors (Lipinski definition) is 2. The van der Waals surface area contributed by atoms with Gasteiger partial charge in [-0.15, -0.1) is 0 Å². The molecule has 0 aliphatic rings. The zero-order valence-corrected chi connectivity index (χ0v) is 9.41. The van der Waals surface area contributed by atoms with E-state index in [1.165, 1.54) is 0 Å². The Labute approximate surface area is 91.3 Å². The maximum atomic E-state index is 10.3. The van der Waals surface area contributed by atoms with Crippen molar-refractivity contribution in [3.05, 3.63) is 29.3 Å². The van der Waals surface area contributed by atoms with E-state index < -0.39 is 6.10 Å². The molecule has 14 heavy (non-hydrogen) atoms. The maximum absolute atomic E-state index is 10.3. The summed E-state index contributed by atoms with van der Waals surface area (Å²) < 4.78 is 0. The molecule has 2 N–H and O–H groups in total. The summed E-state index contributed by atoms with van der Waals surface area (Å²) in [5, 5.41) is 12.6. The van der Waals surface area contributed by atoms with Gasteiger partial charge in [0.05, 0.1) is 6.10 Å². The monoisotopic (exact) mass is 257 g/mol. The van der Waals surface area contributed by atoms with Crippen molar-refractivity contribution >= 4 is 28.0 Å². The number of benzene rings is 1. The molecule has 1 rings (SSSR count). The van der Waals surface area contributed by atoms with Crippen molar-refractivity contribution in [2.75, 3.05) is 10.6 Å². The molecule has 0 aliphatic carbocycles. The van der Waals surface area contributed by atoms with Gasteiger partial charge in [0.15, 0.2) is 0 Å². The zero-order valence-electron chi connectivity index (χ0n) is 7.83. The molecular formula is C10H12BrNO2. The third-order valence-corrected chi connectivity index (χ3v) is 2.62. The highest BCUT2D eigenvalue weighted by atomic mass is 79.9. The van der Waals surface area contributed by atoms with Crippen LogP contribution in [0.25, 0.3) is 0 Å². The summed E-state index contributed by atoms with van der Waals surface area (Å²) in [6, 6.07) is 5.49. The van der Waals surface area contributed by atoms with Gasteiger partial charge in [-0.05, 0) is 24.1 Å². The first-order chi connectivity index (χ1) is 6.69. The molecule has 0 saturated carbocycles. The molecule has 1 amide bonds. The number of carbonyl (C=O) groups is 1. The fourth-order valence-corrected chi connectivity index (χ4v) is 1.53. The number of hydrogen-bond donors (Lipinski definition) is 2. The number of rotatable bonds is 4. The van der Waals surface area contributed by atoms with E-state index in [0.717, 1.165) is 16.8 Å². The molecular weight excluding hydrogens is 246 g/mol. The third-order valence-electron chi connectivity index (χ3n) is 2.01. The van der Waals surface area contributed by atoms with E-state index in [9.17, 15) is 9.90 Å². The summed E-state index contributed by atoms with van der Waals surface area (Å²) in [7, 11) is 0. The van der Waals surface area contributed by atoms with Crippen molar-refractivity contribution in [3.8, 4) is 0 Å². The summed E-state index contributed by atoms with van der Waals surface area (Å²) in [5.74, 6) is 0. The Hall–Kier alpha value is -0.870. The Morgan fingerprint density at radius 1 is 1.64 bits per heavy atom. The Morgan fingerprint density at radius 3 is 2.93 bits per heavy atom. The number of aliphatic hydroxyl groups is 1. The van der Waals surface area contributed by atoms with Crippen molar-refractivity contribution in [3.63, 3.8) is 0 Å². The smallest absolute Gasteiger partial charge is 0.211 e. The Balaban J connectivity index is 2.99. The summed E-state index contributed by atoms with van der Waals surface area (Å²) in [5.41, 5.74) is 2.50. The van der Waals surface area contributed by atoms with Gasteiger partial charge < -0.3 is 10.4 Å². The molecule has 0 bridgehead atoms. The van der Waals surface area contributed by atoms with E-state index in [1.54, 1.807) is 6.07 Å². The minimum absolute atomic E-state index is 0.483. The van der Waals surface area contributed by atoms with Crippen LogP contribution in [0.2, 0.25) is 0 Å². The van der Waals surface area contributed by atoms with E-state index in [2.05, 4.69) is 21.2 Å². The highest BCUT2D eigenvalue weighted by Crippen LogP contribution is 2.22. The van der Waals surface area contributed by atoms with Crippen molar-refractivity contribution in [1.82, 2.24) is 0 Å². The number of amides is 1. The fourth-order valence-electron chi connectivity index (χ4n) is 1.15. The number of aryl methyl sites for hydroxylation is 1. The molecule has 1 unspecified atom stereocenters. The molecule has 1 atom stereocenters. The van der Waals surface area contributed by atoms with E-state index in [-0.39, 0.29) is 0 Å². The first kappa shape index (κ1) is 11.2. The lowest BCUT2D eigenvalue weighted by molar-refractivity contribution is -0.105. The Morgan fingerprint density at radius 2 is 2.36 bits per heavy atom. The average Bonchev–Trinajstić information content (AvgIpc) is 2.20. The molecule has 76 valence electrons. The van der Waals surface area contributed by atoms with Crippen LogP contribution in [0.3, 0.4) is 0 Å². The summed E-state index contributed by atoms with van der Waals surface area (Å²) in [4.78, 5) is 10.3. The zero-order chi connectivity index (χ0) is 10.6. The number of alkyl halides is 1. The quantitative estimate of drug-likeness (QED) is 0.641. The molecule has 0 radical (unpaired) electrons. The minimum Gasteiger partial charge on any atom is -0.388 e. The second kappa shape index (κ2) is 5.12. The van der Waals surface area contributed by atoms with E-state index in [4.69, 9.17) is 0 Å². The van der Waals surface area contributed by atoms with Crippen LogP contribution in [0.4, 0.5) is 5.69 Å². The molecule has 1 aromatic carbocycles. The van der Waals surface area contributed by atoms with Gasteiger partial charge in [0, 0.05) is 11.0 Å². The van der Waals surface area contributed by atoms with Crippen LogP contribution in [-0.4, -0.2) is 16.8 Å². The molecule has 0 fully saturated rings. The Kier molecular flexibility index (Phi) is 4.10. The fraction of sp³-hybridized carbons (Fsp3) is 0.300. The summed E-state index contributed by atoms with van der Waals surface area (Å²) in [6.45, 7) is 1.90. The highest BCUT2D eigenvalue weighted by molar-refractivity contribution is 9.09. The number of nitrogens with one attached hydrogen (secondary N) is 1. The van der Waals surface area contributed by atoms with Gasteiger partial charge in [0.1, 0.15) is 0 Å². The average molecular weight is 258 g/mol. The number of carbonyl (C=O) groups excluding carboxylic acids is 1. The number of halogens is 1. The van der Waals surface area contributed by atoms with Gasteiger partial charge in [-0.3, -0.25) is 4.79 Å². The minimum atomic E-state index is -0.539. The molecule has 4 heteroatoms.